The Kier molecular flexibility index (Phi) is 4.54. The molecular weight excluding hydrogens is 266 g/mol. The molecule has 1 aromatic heterocycles. The first-order valence-corrected chi connectivity index (χ1v) is 5.98. The van der Waals surface area contributed by atoms with E-state index in [1.54, 1.807) is 17.5 Å². The van der Waals surface area contributed by atoms with E-state index in [0.717, 1.165) is 8.79 Å². The highest BCUT2D eigenvalue weighted by Crippen LogP contribution is 2.19. The topological polar surface area (TPSA) is 39.2 Å². The van der Waals surface area contributed by atoms with Crippen LogP contribution in [0.4, 0.5) is 0 Å². The van der Waals surface area contributed by atoms with Crippen molar-refractivity contribution >= 4 is 33.2 Å². The molecule has 0 aromatic carbocycles. The molecule has 0 aliphatic carbocycles. The Labute approximate surface area is 95.6 Å². The zero-order chi connectivity index (χ0) is 10.6. The van der Waals surface area contributed by atoms with Gasteiger partial charge in [0.05, 0.1) is 12.5 Å². The van der Waals surface area contributed by atoms with E-state index in [1.165, 1.54) is 0 Å². The van der Waals surface area contributed by atoms with E-state index in [2.05, 4.69) is 20.9 Å². The predicted molar refractivity (Wildman–Crippen MR) is 59.4 cm³/mol. The van der Waals surface area contributed by atoms with Gasteiger partial charge in [-0.3, -0.25) is 4.79 Å². The maximum absolute atomic E-state index is 11.2. The van der Waals surface area contributed by atoms with Gasteiger partial charge in [0.2, 0.25) is 0 Å². The van der Waals surface area contributed by atoms with Gasteiger partial charge in [-0.2, -0.15) is 0 Å². The van der Waals surface area contributed by atoms with Gasteiger partial charge < -0.3 is 4.74 Å². The van der Waals surface area contributed by atoms with E-state index < -0.39 is 0 Å². The number of nitrogens with zero attached hydrogens (tertiary/aromatic N) is 1. The third-order valence-electron chi connectivity index (χ3n) is 1.47. The molecule has 0 N–H and O–H groups in total. The van der Waals surface area contributed by atoms with Crippen molar-refractivity contribution < 1.29 is 9.53 Å². The Morgan fingerprint density at radius 1 is 1.71 bits per heavy atom. The third kappa shape index (κ3) is 4.19. The number of aryl methyl sites for hydroxylation is 1. The summed E-state index contributed by atoms with van der Waals surface area (Å²) >= 11 is 4.82. The molecule has 14 heavy (non-hydrogen) atoms. The molecule has 0 saturated carbocycles. The molecule has 3 nitrogen and oxygen atoms in total. The highest BCUT2D eigenvalue weighted by molar-refractivity contribution is 9.11. The van der Waals surface area contributed by atoms with Crippen molar-refractivity contribution in [2.45, 2.75) is 32.8 Å². The second-order valence-electron chi connectivity index (χ2n) is 3.12. The second-order valence-corrected chi connectivity index (χ2v) is 5.51. The Morgan fingerprint density at radius 3 is 2.93 bits per heavy atom. The van der Waals surface area contributed by atoms with Crippen molar-refractivity contribution in [2.24, 2.45) is 0 Å². The molecule has 0 unspecified atom stereocenters. The van der Waals surface area contributed by atoms with Crippen LogP contribution >= 0.6 is 27.3 Å². The smallest absolute Gasteiger partial charge is 0.306 e. The van der Waals surface area contributed by atoms with Crippen molar-refractivity contribution in [3.63, 3.8) is 0 Å². The summed E-state index contributed by atoms with van der Waals surface area (Å²) in [4.78, 5) is 16.3. The fraction of sp³-hybridized carbons (Fsp3) is 0.556. The number of halogens is 1. The summed E-state index contributed by atoms with van der Waals surface area (Å²) in [7, 11) is 0. The monoisotopic (exact) mass is 277 g/mol. The first kappa shape index (κ1) is 11.7. The minimum Gasteiger partial charge on any atom is -0.463 e. The van der Waals surface area contributed by atoms with Gasteiger partial charge in [0.1, 0.15) is 0 Å². The second kappa shape index (κ2) is 5.46. The van der Waals surface area contributed by atoms with Crippen LogP contribution < -0.4 is 0 Å². The SMILES string of the molecule is CC(C)OC(=O)CCc1cnc(Br)s1. The van der Waals surface area contributed by atoms with Crippen molar-refractivity contribution in [1.82, 2.24) is 4.98 Å². The van der Waals surface area contributed by atoms with Crippen LogP contribution in [0.2, 0.25) is 0 Å². The standard InChI is InChI=1S/C9H12BrNO2S/c1-6(2)13-8(12)4-3-7-5-11-9(10)14-7/h5-6H,3-4H2,1-2H3. The van der Waals surface area contributed by atoms with Gasteiger partial charge >= 0.3 is 5.97 Å². The normalized spacial score (nSPS) is 10.6. The Morgan fingerprint density at radius 2 is 2.43 bits per heavy atom. The number of esters is 1. The largest absolute Gasteiger partial charge is 0.463 e. The zero-order valence-corrected chi connectivity index (χ0v) is 10.5. The molecule has 0 aliphatic heterocycles. The molecule has 0 atom stereocenters. The average Bonchev–Trinajstić information content (AvgIpc) is 2.47. The number of ether oxygens (including phenoxy) is 1. The predicted octanol–water partition coefficient (Wildman–Crippen LogP) is 2.79. The van der Waals surface area contributed by atoms with Crippen LogP contribution in [0.1, 0.15) is 25.1 Å². The van der Waals surface area contributed by atoms with E-state index in [-0.39, 0.29) is 12.1 Å². The number of hydrogen-bond acceptors (Lipinski definition) is 4. The summed E-state index contributed by atoms with van der Waals surface area (Å²) in [6.45, 7) is 3.70. The number of carbonyl (C=O) groups excluding carboxylic acids is 1. The first-order valence-electron chi connectivity index (χ1n) is 4.37. The Balaban J connectivity index is 2.30. The van der Waals surface area contributed by atoms with Crippen molar-refractivity contribution in [2.75, 3.05) is 0 Å². The lowest BCUT2D eigenvalue weighted by molar-refractivity contribution is -0.147. The van der Waals surface area contributed by atoms with E-state index in [1.807, 2.05) is 13.8 Å². The van der Waals surface area contributed by atoms with Crippen LogP contribution in [0.15, 0.2) is 10.1 Å². The molecular formula is C9H12BrNO2S. The summed E-state index contributed by atoms with van der Waals surface area (Å²) in [5, 5.41) is 0. The maximum atomic E-state index is 11.2. The van der Waals surface area contributed by atoms with Gasteiger partial charge in [0, 0.05) is 11.1 Å². The van der Waals surface area contributed by atoms with Crippen LogP contribution in [0.5, 0.6) is 0 Å². The molecule has 0 radical (unpaired) electrons. The molecule has 1 aromatic rings. The van der Waals surface area contributed by atoms with E-state index in [0.29, 0.717) is 12.8 Å². The van der Waals surface area contributed by atoms with Crippen LogP contribution in [0.25, 0.3) is 0 Å². The highest BCUT2D eigenvalue weighted by Gasteiger charge is 2.07. The molecule has 0 saturated heterocycles. The van der Waals surface area contributed by atoms with Gasteiger partial charge in [0.25, 0.3) is 0 Å². The summed E-state index contributed by atoms with van der Waals surface area (Å²) in [6.07, 6.45) is 2.87. The Bertz CT molecular complexity index is 312. The van der Waals surface area contributed by atoms with Gasteiger partial charge in [-0.1, -0.05) is 0 Å². The molecule has 0 amide bonds. The van der Waals surface area contributed by atoms with Crippen LogP contribution in [0.3, 0.4) is 0 Å². The van der Waals surface area contributed by atoms with Crippen molar-refractivity contribution in [3.8, 4) is 0 Å². The highest BCUT2D eigenvalue weighted by atomic mass is 79.9. The summed E-state index contributed by atoms with van der Waals surface area (Å²) in [5.41, 5.74) is 0. The number of aromatic nitrogens is 1. The molecule has 0 spiro atoms. The number of thiazole rings is 1. The summed E-state index contributed by atoms with van der Waals surface area (Å²) < 4.78 is 5.86. The molecule has 0 fully saturated rings. The van der Waals surface area contributed by atoms with E-state index >= 15 is 0 Å². The first-order chi connectivity index (χ1) is 6.58. The van der Waals surface area contributed by atoms with Crippen LogP contribution in [0, 0.1) is 0 Å². The van der Waals surface area contributed by atoms with Crippen molar-refractivity contribution in [1.29, 1.82) is 0 Å². The lowest BCUT2D eigenvalue weighted by atomic mass is 10.3. The Hall–Kier alpha value is -0.420. The van der Waals surface area contributed by atoms with Crippen molar-refractivity contribution in [3.05, 3.63) is 15.0 Å². The molecule has 1 rings (SSSR count). The molecule has 78 valence electrons. The number of carbonyl (C=O) groups is 1. The third-order valence-corrected chi connectivity index (χ3v) is 3.00. The lowest BCUT2D eigenvalue weighted by Crippen LogP contribution is -2.11. The molecule has 1 heterocycles. The van der Waals surface area contributed by atoms with Gasteiger partial charge in [-0.25, -0.2) is 4.98 Å². The lowest BCUT2D eigenvalue weighted by Gasteiger charge is -2.06. The minimum atomic E-state index is -0.149. The maximum Gasteiger partial charge on any atom is 0.306 e. The fourth-order valence-electron chi connectivity index (χ4n) is 0.946. The molecule has 5 heteroatoms. The van der Waals surface area contributed by atoms with Gasteiger partial charge in [-0.15, -0.1) is 11.3 Å². The van der Waals surface area contributed by atoms with Crippen LogP contribution in [-0.4, -0.2) is 17.1 Å². The van der Waals surface area contributed by atoms with E-state index in [9.17, 15) is 4.79 Å². The van der Waals surface area contributed by atoms with Crippen LogP contribution in [-0.2, 0) is 16.0 Å². The fourth-order valence-corrected chi connectivity index (χ4v) is 2.30. The van der Waals surface area contributed by atoms with Gasteiger partial charge in [-0.05, 0) is 36.2 Å². The quantitative estimate of drug-likeness (QED) is 0.795. The summed E-state index contributed by atoms with van der Waals surface area (Å²) in [5.74, 6) is -0.149. The van der Waals surface area contributed by atoms with E-state index in [4.69, 9.17) is 4.74 Å². The number of rotatable bonds is 4. The molecule has 0 aliphatic rings. The average molecular weight is 278 g/mol. The zero-order valence-electron chi connectivity index (χ0n) is 8.12. The summed E-state index contributed by atoms with van der Waals surface area (Å²) in [6, 6.07) is 0. The number of hydrogen-bond donors (Lipinski definition) is 0. The minimum absolute atomic E-state index is 0.0318. The van der Waals surface area contributed by atoms with Gasteiger partial charge in [0.15, 0.2) is 3.92 Å². The molecule has 0 bridgehead atoms.